The second-order valence-electron chi connectivity index (χ2n) is 19.0. The van der Waals surface area contributed by atoms with Crippen LogP contribution in [0.1, 0.15) is 44.5 Å². The van der Waals surface area contributed by atoms with Gasteiger partial charge in [-0.3, -0.25) is 0 Å². The van der Waals surface area contributed by atoms with Crippen LogP contribution < -0.4 is 4.90 Å². The molecule has 0 bridgehead atoms. The molecule has 70 heavy (non-hydrogen) atoms. The van der Waals surface area contributed by atoms with Gasteiger partial charge in [-0.15, -0.1) is 11.3 Å². The first-order valence-corrected chi connectivity index (χ1v) is 25.1. The van der Waals surface area contributed by atoms with Crippen molar-refractivity contribution in [1.29, 1.82) is 0 Å². The molecular weight excluding hydrogens is 863 g/mol. The lowest BCUT2D eigenvalue weighted by molar-refractivity contribution is 0.768. The van der Waals surface area contributed by atoms with Crippen molar-refractivity contribution >= 4 is 48.6 Å². The Labute approximate surface area is 411 Å². The number of rotatable bonds is 6. The average molecular weight is 906 g/mol. The topological polar surface area (TPSA) is 3.24 Å². The summed E-state index contributed by atoms with van der Waals surface area (Å²) >= 11 is 1.87. The molecule has 0 N–H and O–H groups in total. The summed E-state index contributed by atoms with van der Waals surface area (Å²) < 4.78 is 2.64. The highest BCUT2D eigenvalue weighted by Crippen LogP contribution is 2.64. The largest absolute Gasteiger partial charge is 0.310 e. The van der Waals surface area contributed by atoms with Crippen LogP contribution in [0.4, 0.5) is 17.1 Å². The zero-order valence-electron chi connectivity index (χ0n) is 38.2. The minimum atomic E-state index is -0.536. The van der Waals surface area contributed by atoms with E-state index in [0.717, 1.165) is 17.1 Å². The molecule has 15 rings (SSSR count). The minimum absolute atomic E-state index is 0.476. The predicted octanol–water partition coefficient (Wildman–Crippen LogP) is 17.9. The fourth-order valence-corrected chi connectivity index (χ4v) is 14.1. The number of thiophene rings is 1. The second-order valence-corrected chi connectivity index (χ2v) is 20.1. The number of nitrogens with zero attached hydrogens (tertiary/aromatic N) is 1. The van der Waals surface area contributed by atoms with Crippen LogP contribution in [0.5, 0.6) is 0 Å². The first-order chi connectivity index (χ1) is 34.7. The van der Waals surface area contributed by atoms with Crippen LogP contribution in [0.3, 0.4) is 0 Å². The quantitative estimate of drug-likeness (QED) is 0.161. The molecule has 326 valence electrons. The summed E-state index contributed by atoms with van der Waals surface area (Å²) in [4.78, 5) is 2.55. The lowest BCUT2D eigenvalue weighted by Crippen LogP contribution is -2.28. The number of anilines is 3. The highest BCUT2D eigenvalue weighted by molar-refractivity contribution is 7.25. The van der Waals surface area contributed by atoms with Gasteiger partial charge in [0.1, 0.15) is 0 Å². The maximum absolute atomic E-state index is 2.55. The first-order valence-electron chi connectivity index (χ1n) is 24.3. The van der Waals surface area contributed by atoms with Crippen molar-refractivity contribution in [2.45, 2.75) is 10.8 Å². The van der Waals surface area contributed by atoms with Crippen LogP contribution >= 0.6 is 11.3 Å². The van der Waals surface area contributed by atoms with E-state index in [2.05, 4.69) is 266 Å². The fourth-order valence-electron chi connectivity index (χ4n) is 13.0. The molecule has 0 saturated carbocycles. The van der Waals surface area contributed by atoms with Gasteiger partial charge in [-0.25, -0.2) is 0 Å². The van der Waals surface area contributed by atoms with Crippen LogP contribution in [0.15, 0.2) is 261 Å². The summed E-state index contributed by atoms with van der Waals surface area (Å²) in [7, 11) is 0. The third-order valence-corrected chi connectivity index (χ3v) is 16.9. The normalized spacial score (nSPS) is 13.9. The minimum Gasteiger partial charge on any atom is -0.310 e. The SMILES string of the molecule is c1ccc(C2(c3ccccc3)c3ccccc3-c3c(N(c4ccc(-c5ccc6sc7ccccc7c6c5)cc4)c4ccc5c(c4)C4(c6ccccc6-c6ccccc64)c4ccccc4-5)cccc32)cc1. The van der Waals surface area contributed by atoms with Gasteiger partial charge in [0.05, 0.1) is 16.5 Å². The summed E-state index contributed by atoms with van der Waals surface area (Å²) in [6.07, 6.45) is 0. The van der Waals surface area contributed by atoms with Crippen LogP contribution in [0, 0.1) is 0 Å². The molecule has 0 atom stereocenters. The number of hydrogen-bond donors (Lipinski definition) is 0. The van der Waals surface area contributed by atoms with Crippen LogP contribution in [-0.4, -0.2) is 0 Å². The van der Waals surface area contributed by atoms with Gasteiger partial charge in [0, 0.05) is 37.1 Å². The zero-order chi connectivity index (χ0) is 46.0. The smallest absolute Gasteiger partial charge is 0.0726 e. The second kappa shape index (κ2) is 15.0. The third-order valence-electron chi connectivity index (χ3n) is 15.8. The Bertz CT molecular complexity index is 3970. The lowest BCUT2D eigenvalue weighted by atomic mass is 9.68. The molecule has 0 amide bonds. The zero-order valence-corrected chi connectivity index (χ0v) is 39.0. The molecule has 1 aromatic heterocycles. The first kappa shape index (κ1) is 39.4. The predicted molar refractivity (Wildman–Crippen MR) is 293 cm³/mol. The van der Waals surface area contributed by atoms with Crippen molar-refractivity contribution in [2.24, 2.45) is 0 Å². The Hall–Kier alpha value is -8.56. The van der Waals surface area contributed by atoms with Gasteiger partial charge < -0.3 is 4.90 Å². The molecular formula is C68H43NS. The van der Waals surface area contributed by atoms with Gasteiger partial charge in [0.15, 0.2) is 0 Å². The Morgan fingerprint density at radius 1 is 0.286 bits per heavy atom. The van der Waals surface area contributed by atoms with E-state index < -0.39 is 10.8 Å². The summed E-state index contributed by atoms with van der Waals surface area (Å²) in [6.45, 7) is 0. The molecule has 0 unspecified atom stereocenters. The standard InChI is InChI=1S/C68H43NS/c1-3-18-46(19-4-1)67(47-20-5-2-6-21-47)60-30-15-10-26-55(60)66-61(67)31-17-32-63(66)69(48-37-34-44(35-38-48)45-36-41-65-56(42-45)54-25-11-16-33-64(54)70-65)49-39-40-53-52-24-9-14-29-59(52)68(62(53)43-49)57-27-12-7-22-50(57)51-23-8-13-28-58(51)68/h1-43H. The molecule has 0 fully saturated rings. The number of hydrogen-bond acceptors (Lipinski definition) is 2. The number of fused-ring (bicyclic) bond motifs is 16. The van der Waals surface area contributed by atoms with Crippen molar-refractivity contribution in [3.05, 3.63) is 305 Å². The van der Waals surface area contributed by atoms with E-state index in [9.17, 15) is 0 Å². The van der Waals surface area contributed by atoms with E-state index in [1.165, 1.54) is 109 Å². The Kier molecular flexibility index (Phi) is 8.43. The van der Waals surface area contributed by atoms with Crippen molar-refractivity contribution in [1.82, 2.24) is 0 Å². The monoisotopic (exact) mass is 905 g/mol. The molecule has 0 radical (unpaired) electrons. The van der Waals surface area contributed by atoms with Gasteiger partial charge in [-0.1, -0.05) is 212 Å². The van der Waals surface area contributed by atoms with Crippen molar-refractivity contribution in [2.75, 3.05) is 4.90 Å². The molecule has 3 aliphatic rings. The van der Waals surface area contributed by atoms with Crippen molar-refractivity contribution in [3.8, 4) is 44.5 Å². The Morgan fingerprint density at radius 2 is 0.771 bits per heavy atom. The summed E-state index contributed by atoms with van der Waals surface area (Å²) in [5, 5.41) is 2.63. The maximum Gasteiger partial charge on any atom is 0.0726 e. The van der Waals surface area contributed by atoms with E-state index in [1.807, 2.05) is 11.3 Å². The number of benzene rings is 11. The van der Waals surface area contributed by atoms with Crippen molar-refractivity contribution in [3.63, 3.8) is 0 Å². The van der Waals surface area contributed by atoms with E-state index >= 15 is 0 Å². The van der Waals surface area contributed by atoms with Crippen LogP contribution in [-0.2, 0) is 10.8 Å². The van der Waals surface area contributed by atoms with E-state index in [0.29, 0.717) is 0 Å². The van der Waals surface area contributed by atoms with E-state index in [1.54, 1.807) is 0 Å². The highest BCUT2D eigenvalue weighted by Gasteiger charge is 2.52. The van der Waals surface area contributed by atoms with Crippen LogP contribution in [0.25, 0.3) is 64.7 Å². The summed E-state index contributed by atoms with van der Waals surface area (Å²) in [6, 6.07) is 98.1. The lowest BCUT2D eigenvalue weighted by Gasteiger charge is -2.35. The van der Waals surface area contributed by atoms with Gasteiger partial charge in [-0.2, -0.15) is 0 Å². The molecule has 11 aromatic carbocycles. The average Bonchev–Trinajstić information content (AvgIpc) is 4.15. The fraction of sp³-hybridized carbons (Fsp3) is 0.0294. The molecule has 3 aliphatic carbocycles. The third kappa shape index (κ3) is 5.26. The van der Waals surface area contributed by atoms with Gasteiger partial charge in [0.2, 0.25) is 0 Å². The van der Waals surface area contributed by atoms with Crippen molar-refractivity contribution < 1.29 is 0 Å². The Balaban J connectivity index is 0.993. The molecule has 1 heterocycles. The molecule has 0 aliphatic heterocycles. The molecule has 1 spiro atoms. The van der Waals surface area contributed by atoms with Gasteiger partial charge in [0.25, 0.3) is 0 Å². The van der Waals surface area contributed by atoms with Gasteiger partial charge >= 0.3 is 0 Å². The summed E-state index contributed by atoms with van der Waals surface area (Å²) in [5.41, 5.74) is 22.9. The molecule has 0 saturated heterocycles. The van der Waals surface area contributed by atoms with E-state index in [-0.39, 0.29) is 0 Å². The Morgan fingerprint density at radius 3 is 1.41 bits per heavy atom. The molecule has 1 nitrogen and oxygen atoms in total. The maximum atomic E-state index is 2.55. The van der Waals surface area contributed by atoms with E-state index in [4.69, 9.17) is 0 Å². The van der Waals surface area contributed by atoms with Crippen LogP contribution in [0.2, 0.25) is 0 Å². The van der Waals surface area contributed by atoms with Gasteiger partial charge in [-0.05, 0) is 132 Å². The highest BCUT2D eigenvalue weighted by atomic mass is 32.1. The molecule has 12 aromatic rings. The summed E-state index contributed by atoms with van der Waals surface area (Å²) in [5.74, 6) is 0. The molecule has 2 heteroatoms.